The molecule has 0 amide bonds. The van der Waals surface area contributed by atoms with Crippen LogP contribution in [0.3, 0.4) is 0 Å². The summed E-state index contributed by atoms with van der Waals surface area (Å²) in [6.45, 7) is 0. The molecule has 4 aromatic rings. The van der Waals surface area contributed by atoms with Crippen LogP contribution in [0.1, 0.15) is 5.56 Å². The number of nitrogens with zero attached hydrogens (tertiary/aromatic N) is 4. The van der Waals surface area contributed by atoms with Crippen LogP contribution in [0.5, 0.6) is 0 Å². The topological polar surface area (TPSA) is 55.1 Å². The fourth-order valence-corrected chi connectivity index (χ4v) is 2.81. The Morgan fingerprint density at radius 2 is 1.78 bits per heavy atom. The Balaban J connectivity index is 1.63. The molecule has 0 radical (unpaired) electrons. The minimum absolute atomic E-state index is 0.489. The zero-order valence-electron chi connectivity index (χ0n) is 13.6. The molecular formula is C18H11ClF3N5. The van der Waals surface area contributed by atoms with Crippen LogP contribution in [0.2, 0.25) is 5.02 Å². The van der Waals surface area contributed by atoms with E-state index in [-0.39, 0.29) is 0 Å². The van der Waals surface area contributed by atoms with Gasteiger partial charge in [0.15, 0.2) is 11.5 Å². The van der Waals surface area contributed by atoms with E-state index in [1.807, 2.05) is 0 Å². The lowest BCUT2D eigenvalue weighted by Gasteiger charge is -2.09. The van der Waals surface area contributed by atoms with Crippen LogP contribution in [0, 0.1) is 0 Å². The average Bonchev–Trinajstić information content (AvgIpc) is 3.04. The summed E-state index contributed by atoms with van der Waals surface area (Å²) in [4.78, 5) is 8.52. The van der Waals surface area contributed by atoms with Crippen molar-refractivity contribution < 1.29 is 13.2 Å². The Morgan fingerprint density at radius 1 is 1.00 bits per heavy atom. The van der Waals surface area contributed by atoms with Crippen molar-refractivity contribution in [3.05, 3.63) is 71.6 Å². The van der Waals surface area contributed by atoms with Crippen LogP contribution in [0.15, 0.2) is 61.1 Å². The lowest BCUT2D eigenvalue weighted by molar-refractivity contribution is -0.137. The molecule has 4 rings (SSSR count). The van der Waals surface area contributed by atoms with Crippen LogP contribution < -0.4 is 5.32 Å². The van der Waals surface area contributed by atoms with Gasteiger partial charge in [-0.05, 0) is 42.5 Å². The largest absolute Gasteiger partial charge is 0.416 e. The predicted octanol–water partition coefficient (Wildman–Crippen LogP) is 5.21. The number of imidazole rings is 1. The summed E-state index contributed by atoms with van der Waals surface area (Å²) in [6.07, 6.45) is 0.408. The number of anilines is 2. The molecular weight excluding hydrogens is 379 g/mol. The van der Waals surface area contributed by atoms with E-state index in [0.717, 1.165) is 12.1 Å². The molecule has 0 saturated heterocycles. The van der Waals surface area contributed by atoms with Crippen molar-refractivity contribution in [1.82, 2.24) is 19.6 Å². The normalized spacial score (nSPS) is 11.7. The average molecular weight is 390 g/mol. The molecule has 0 bridgehead atoms. The highest BCUT2D eigenvalue weighted by molar-refractivity contribution is 6.33. The van der Waals surface area contributed by atoms with Crippen LogP contribution in [-0.4, -0.2) is 19.6 Å². The van der Waals surface area contributed by atoms with Crippen molar-refractivity contribution >= 4 is 28.8 Å². The summed E-state index contributed by atoms with van der Waals surface area (Å²) in [5.41, 5.74) is 1.63. The second kappa shape index (κ2) is 6.55. The fraction of sp³-hybridized carbons (Fsp3) is 0.0556. The van der Waals surface area contributed by atoms with Crippen molar-refractivity contribution in [2.24, 2.45) is 0 Å². The number of pyridine rings is 1. The first kappa shape index (κ1) is 17.3. The number of benzene rings is 1. The smallest absolute Gasteiger partial charge is 0.339 e. The van der Waals surface area contributed by atoms with Crippen LogP contribution >= 0.6 is 11.6 Å². The number of aromatic nitrogens is 4. The maximum absolute atomic E-state index is 12.7. The number of halogens is 4. The number of rotatable bonds is 3. The molecule has 0 spiro atoms. The summed E-state index contributed by atoms with van der Waals surface area (Å²) >= 11 is 6.16. The highest BCUT2D eigenvalue weighted by Crippen LogP contribution is 2.31. The van der Waals surface area contributed by atoms with E-state index >= 15 is 0 Å². The summed E-state index contributed by atoms with van der Waals surface area (Å²) in [6, 6.07) is 9.98. The zero-order valence-corrected chi connectivity index (χ0v) is 14.3. The second-order valence-electron chi connectivity index (χ2n) is 5.69. The van der Waals surface area contributed by atoms with Gasteiger partial charge in [-0.3, -0.25) is 4.98 Å². The second-order valence-corrected chi connectivity index (χ2v) is 6.10. The minimum Gasteiger partial charge on any atom is -0.339 e. The molecule has 9 heteroatoms. The Labute approximate surface area is 156 Å². The molecule has 3 heterocycles. The van der Waals surface area contributed by atoms with Gasteiger partial charge in [0.2, 0.25) is 0 Å². The van der Waals surface area contributed by atoms with E-state index in [1.165, 1.54) is 16.6 Å². The molecule has 0 fully saturated rings. The Bertz CT molecular complexity index is 1110. The molecule has 0 atom stereocenters. The van der Waals surface area contributed by atoms with Crippen molar-refractivity contribution in [3.8, 4) is 11.3 Å². The van der Waals surface area contributed by atoms with E-state index in [4.69, 9.17) is 11.6 Å². The summed E-state index contributed by atoms with van der Waals surface area (Å²) < 4.78 is 39.5. The molecule has 27 heavy (non-hydrogen) atoms. The molecule has 5 nitrogen and oxygen atoms in total. The van der Waals surface area contributed by atoms with Gasteiger partial charge >= 0.3 is 6.18 Å². The molecule has 0 aliphatic heterocycles. The van der Waals surface area contributed by atoms with Crippen molar-refractivity contribution in [2.75, 3.05) is 5.32 Å². The quantitative estimate of drug-likeness (QED) is 0.522. The van der Waals surface area contributed by atoms with E-state index in [9.17, 15) is 13.2 Å². The van der Waals surface area contributed by atoms with Gasteiger partial charge < -0.3 is 5.32 Å². The molecule has 0 unspecified atom stereocenters. The third-order valence-corrected chi connectivity index (χ3v) is 4.18. The van der Waals surface area contributed by atoms with E-state index in [1.54, 1.807) is 36.8 Å². The van der Waals surface area contributed by atoms with Crippen LogP contribution in [-0.2, 0) is 6.18 Å². The first-order chi connectivity index (χ1) is 12.9. The van der Waals surface area contributed by atoms with Crippen molar-refractivity contribution in [2.45, 2.75) is 6.18 Å². The zero-order chi connectivity index (χ0) is 19.0. The maximum Gasteiger partial charge on any atom is 0.416 e. The monoisotopic (exact) mass is 389 g/mol. The van der Waals surface area contributed by atoms with Gasteiger partial charge in [-0.15, -0.1) is 0 Å². The molecule has 136 valence electrons. The highest BCUT2D eigenvalue weighted by atomic mass is 35.5. The Hall–Kier alpha value is -3.13. The maximum atomic E-state index is 12.7. The number of hydrogen-bond donors (Lipinski definition) is 1. The number of hydrogen-bond acceptors (Lipinski definition) is 4. The standard InChI is InChI=1S/C18H11ClF3N5/c19-14-2-1-7-23-17(14)11-8-15-24-10-16(27(15)25-9-11)26-13-5-3-12(4-6-13)18(20,21)22/h1-10,26H. The Morgan fingerprint density at radius 3 is 2.48 bits per heavy atom. The van der Waals surface area contributed by atoms with Crippen molar-refractivity contribution in [1.29, 1.82) is 0 Å². The molecule has 1 N–H and O–H groups in total. The molecule has 0 saturated carbocycles. The van der Waals surface area contributed by atoms with Gasteiger partial charge in [0.25, 0.3) is 0 Å². The number of alkyl halides is 3. The third kappa shape index (κ3) is 3.43. The Kier molecular flexibility index (Phi) is 4.19. The van der Waals surface area contributed by atoms with Gasteiger partial charge in [-0.25, -0.2) is 4.98 Å². The van der Waals surface area contributed by atoms with E-state index in [2.05, 4.69) is 20.4 Å². The van der Waals surface area contributed by atoms with Crippen LogP contribution in [0.4, 0.5) is 24.7 Å². The molecule has 0 aliphatic carbocycles. The van der Waals surface area contributed by atoms with Gasteiger partial charge in [0.1, 0.15) is 0 Å². The number of fused-ring (bicyclic) bond motifs is 1. The molecule has 0 aliphatic rings. The predicted molar refractivity (Wildman–Crippen MR) is 96.0 cm³/mol. The lowest BCUT2D eigenvalue weighted by atomic mass is 10.2. The third-order valence-electron chi connectivity index (χ3n) is 3.88. The fourth-order valence-electron chi connectivity index (χ4n) is 2.58. The molecule has 1 aromatic carbocycles. The van der Waals surface area contributed by atoms with Crippen LogP contribution in [0.25, 0.3) is 16.9 Å². The lowest BCUT2D eigenvalue weighted by Crippen LogP contribution is -2.04. The SMILES string of the molecule is FC(F)(F)c1ccc(Nc2cnc3cc(-c4ncccc4Cl)cnn23)cc1. The molecule has 3 aromatic heterocycles. The highest BCUT2D eigenvalue weighted by Gasteiger charge is 2.29. The number of nitrogens with one attached hydrogen (secondary N) is 1. The van der Waals surface area contributed by atoms with Gasteiger partial charge in [-0.1, -0.05) is 11.6 Å². The first-order valence-electron chi connectivity index (χ1n) is 7.81. The van der Waals surface area contributed by atoms with E-state index < -0.39 is 11.7 Å². The van der Waals surface area contributed by atoms with Gasteiger partial charge in [0.05, 0.1) is 28.7 Å². The first-order valence-corrected chi connectivity index (χ1v) is 8.18. The van der Waals surface area contributed by atoms with Crippen molar-refractivity contribution in [3.63, 3.8) is 0 Å². The van der Waals surface area contributed by atoms with Gasteiger partial charge in [0, 0.05) is 17.4 Å². The minimum atomic E-state index is -4.37. The summed E-state index contributed by atoms with van der Waals surface area (Å²) in [5, 5.41) is 7.83. The van der Waals surface area contributed by atoms with E-state index in [0.29, 0.717) is 33.4 Å². The van der Waals surface area contributed by atoms with Gasteiger partial charge in [-0.2, -0.15) is 22.8 Å². The summed E-state index contributed by atoms with van der Waals surface area (Å²) in [5.74, 6) is 0.517. The summed E-state index contributed by atoms with van der Waals surface area (Å²) in [7, 11) is 0.